The van der Waals surface area contributed by atoms with Crippen molar-refractivity contribution in [1.82, 2.24) is 14.4 Å². The van der Waals surface area contributed by atoms with Crippen molar-refractivity contribution in [2.45, 2.75) is 45.6 Å². The third kappa shape index (κ3) is 5.90. The molecule has 1 aliphatic rings. The Morgan fingerprint density at radius 3 is 2.61 bits per heavy atom. The van der Waals surface area contributed by atoms with Crippen LogP contribution in [0.3, 0.4) is 0 Å². The van der Waals surface area contributed by atoms with Crippen LogP contribution in [-0.2, 0) is 24.8 Å². The summed E-state index contributed by atoms with van der Waals surface area (Å²) in [7, 11) is 7.18. The van der Waals surface area contributed by atoms with E-state index in [0.29, 0.717) is 44.2 Å². The minimum atomic E-state index is -0.0208. The van der Waals surface area contributed by atoms with Crippen molar-refractivity contribution in [2.75, 3.05) is 45.8 Å². The summed E-state index contributed by atoms with van der Waals surface area (Å²) >= 11 is 0. The Bertz CT molecular complexity index is 1280. The lowest BCUT2D eigenvalue weighted by Crippen LogP contribution is -2.49. The van der Waals surface area contributed by atoms with Crippen LogP contribution >= 0.6 is 0 Å². The van der Waals surface area contributed by atoms with E-state index in [1.165, 1.54) is 0 Å². The number of urea groups is 1. The summed E-state index contributed by atoms with van der Waals surface area (Å²) in [4.78, 5) is 31.4. The number of hydrogen-bond acceptors (Lipinski definition) is 4. The minimum Gasteiger partial charge on any atom is -0.493 e. The number of carbonyl (C=O) groups excluding carboxylic acids is 2. The van der Waals surface area contributed by atoms with E-state index in [-0.39, 0.29) is 11.9 Å². The summed E-state index contributed by atoms with van der Waals surface area (Å²) in [6.07, 6.45) is 6.48. The Kier molecular flexibility index (Phi) is 8.81. The second-order valence-corrected chi connectivity index (χ2v) is 10.1. The molecule has 1 aromatic heterocycles. The fraction of sp³-hybridized carbons (Fsp3) is 0.467. The maximum Gasteiger partial charge on any atom is 0.324 e. The van der Waals surface area contributed by atoms with Gasteiger partial charge in [0.15, 0.2) is 11.5 Å². The number of likely N-dealkylation sites (N-methyl/N-ethyl adjacent to an activating group) is 1. The van der Waals surface area contributed by atoms with E-state index < -0.39 is 0 Å². The maximum atomic E-state index is 13.7. The second-order valence-electron chi connectivity index (χ2n) is 10.1. The normalized spacial score (nSPS) is 13.8. The van der Waals surface area contributed by atoms with Crippen LogP contribution < -0.4 is 14.4 Å². The molecule has 1 fully saturated rings. The lowest BCUT2D eigenvalue weighted by atomic mass is 10.1. The summed E-state index contributed by atoms with van der Waals surface area (Å²) in [6.45, 7) is 4.64. The molecule has 1 saturated heterocycles. The van der Waals surface area contributed by atoms with Gasteiger partial charge in [0, 0.05) is 64.1 Å². The lowest BCUT2D eigenvalue weighted by Gasteiger charge is -2.36. The molecule has 38 heavy (non-hydrogen) atoms. The summed E-state index contributed by atoms with van der Waals surface area (Å²) in [5.41, 5.74) is 3.94. The van der Waals surface area contributed by atoms with Crippen LogP contribution in [0.1, 0.15) is 43.7 Å². The number of hydrogen-bond donors (Lipinski definition) is 0. The zero-order chi connectivity index (χ0) is 27.2. The van der Waals surface area contributed by atoms with Gasteiger partial charge in [-0.05, 0) is 36.1 Å². The smallest absolute Gasteiger partial charge is 0.324 e. The van der Waals surface area contributed by atoms with Crippen molar-refractivity contribution in [3.63, 3.8) is 0 Å². The summed E-state index contributed by atoms with van der Waals surface area (Å²) in [6, 6.07) is 11.8. The van der Waals surface area contributed by atoms with E-state index in [2.05, 4.69) is 23.6 Å². The fourth-order valence-electron chi connectivity index (χ4n) is 5.08. The maximum absolute atomic E-state index is 13.7. The average Bonchev–Trinajstić information content (AvgIpc) is 3.23. The molecule has 204 valence electrons. The molecule has 2 aromatic carbocycles. The molecule has 1 aliphatic heterocycles. The van der Waals surface area contributed by atoms with Crippen LogP contribution in [0.4, 0.5) is 10.5 Å². The van der Waals surface area contributed by atoms with Crippen molar-refractivity contribution in [3.05, 3.63) is 53.7 Å². The molecule has 4 rings (SSSR count). The van der Waals surface area contributed by atoms with Gasteiger partial charge >= 0.3 is 6.03 Å². The third-order valence-corrected chi connectivity index (χ3v) is 7.14. The molecule has 0 bridgehead atoms. The first kappa shape index (κ1) is 27.4. The number of para-hydroxylation sites is 1. The van der Waals surface area contributed by atoms with Crippen molar-refractivity contribution in [1.29, 1.82) is 0 Å². The molecule has 0 N–H and O–H groups in total. The number of ether oxygens (including phenoxy) is 2. The standard InChI is InChI=1S/C30H40N4O4/c1-6-7-8-17-38-27-19-24(13-14-26(27)37-5)34-16-10-15-33(30(34)36)21-22-11-9-12-25-23(18-28(35)31(2)3)20-32(4)29(22)25/h9,11-14,19-20H,6-8,10,15-18,21H2,1-5H3. The minimum absolute atomic E-state index is 0.0208. The van der Waals surface area contributed by atoms with Crippen molar-refractivity contribution >= 4 is 28.5 Å². The summed E-state index contributed by atoms with van der Waals surface area (Å²) < 4.78 is 13.6. The number of rotatable bonds is 11. The van der Waals surface area contributed by atoms with Gasteiger partial charge in [0.1, 0.15) is 0 Å². The Morgan fingerprint density at radius 2 is 1.87 bits per heavy atom. The van der Waals surface area contributed by atoms with Crippen LogP contribution in [0, 0.1) is 0 Å². The van der Waals surface area contributed by atoms with E-state index in [9.17, 15) is 9.59 Å². The van der Waals surface area contributed by atoms with Gasteiger partial charge < -0.3 is 23.8 Å². The van der Waals surface area contributed by atoms with Crippen LogP contribution in [0.15, 0.2) is 42.6 Å². The first-order valence-corrected chi connectivity index (χ1v) is 13.5. The first-order chi connectivity index (χ1) is 18.3. The summed E-state index contributed by atoms with van der Waals surface area (Å²) in [5.74, 6) is 1.41. The molecular weight excluding hydrogens is 480 g/mol. The van der Waals surface area contributed by atoms with E-state index in [0.717, 1.165) is 53.4 Å². The molecule has 0 spiro atoms. The molecule has 3 aromatic rings. The van der Waals surface area contributed by atoms with E-state index in [1.807, 2.05) is 47.3 Å². The van der Waals surface area contributed by atoms with Crippen LogP contribution in [0.2, 0.25) is 0 Å². The molecule has 8 nitrogen and oxygen atoms in total. The van der Waals surface area contributed by atoms with Gasteiger partial charge in [0.2, 0.25) is 5.91 Å². The quantitative estimate of drug-likeness (QED) is 0.325. The molecule has 0 saturated carbocycles. The van der Waals surface area contributed by atoms with E-state index in [4.69, 9.17) is 9.47 Å². The average molecular weight is 521 g/mol. The number of methoxy groups -OCH3 is 1. The highest BCUT2D eigenvalue weighted by Crippen LogP contribution is 2.34. The van der Waals surface area contributed by atoms with Crippen LogP contribution in [0.5, 0.6) is 11.5 Å². The van der Waals surface area contributed by atoms with Gasteiger partial charge in [-0.1, -0.05) is 38.0 Å². The molecule has 2 heterocycles. The second kappa shape index (κ2) is 12.2. The SMILES string of the molecule is CCCCCOc1cc(N2CCCN(Cc3cccc4c(CC(=O)N(C)C)cn(C)c34)C2=O)ccc1OC. The predicted octanol–water partition coefficient (Wildman–Crippen LogP) is 5.22. The topological polar surface area (TPSA) is 67.2 Å². The molecular formula is C30H40N4O4. The predicted molar refractivity (Wildman–Crippen MR) is 151 cm³/mol. The number of fused-ring (bicyclic) bond motifs is 1. The molecule has 0 atom stereocenters. The van der Waals surface area contributed by atoms with Crippen LogP contribution in [0.25, 0.3) is 10.9 Å². The van der Waals surface area contributed by atoms with Crippen molar-refractivity contribution in [2.24, 2.45) is 7.05 Å². The van der Waals surface area contributed by atoms with E-state index in [1.54, 1.807) is 26.1 Å². The number of nitrogens with zero attached hydrogens (tertiary/aromatic N) is 4. The Balaban J connectivity index is 1.55. The van der Waals surface area contributed by atoms with Gasteiger partial charge in [-0.2, -0.15) is 0 Å². The molecule has 3 amide bonds. The van der Waals surface area contributed by atoms with Crippen molar-refractivity contribution < 1.29 is 19.1 Å². The van der Waals surface area contributed by atoms with Gasteiger partial charge in [-0.3, -0.25) is 9.69 Å². The van der Waals surface area contributed by atoms with Crippen LogP contribution in [-0.4, -0.2) is 67.2 Å². The highest BCUT2D eigenvalue weighted by Gasteiger charge is 2.28. The monoisotopic (exact) mass is 520 g/mol. The molecule has 0 unspecified atom stereocenters. The largest absolute Gasteiger partial charge is 0.493 e. The number of unbranched alkanes of at least 4 members (excludes halogenated alkanes) is 2. The highest BCUT2D eigenvalue weighted by molar-refractivity contribution is 5.94. The number of aromatic nitrogens is 1. The number of carbonyl (C=O) groups is 2. The third-order valence-electron chi connectivity index (χ3n) is 7.14. The zero-order valence-corrected chi connectivity index (χ0v) is 23.3. The fourth-order valence-corrected chi connectivity index (χ4v) is 5.08. The highest BCUT2D eigenvalue weighted by atomic mass is 16.5. The van der Waals surface area contributed by atoms with Gasteiger partial charge in [-0.15, -0.1) is 0 Å². The number of amides is 3. The molecule has 0 aliphatic carbocycles. The molecule has 8 heteroatoms. The first-order valence-electron chi connectivity index (χ1n) is 13.5. The van der Waals surface area contributed by atoms with Gasteiger partial charge in [-0.25, -0.2) is 4.79 Å². The van der Waals surface area contributed by atoms with Crippen molar-refractivity contribution in [3.8, 4) is 11.5 Å². The number of benzene rings is 2. The Labute approximate surface area is 225 Å². The Morgan fingerprint density at radius 1 is 1.05 bits per heavy atom. The lowest BCUT2D eigenvalue weighted by molar-refractivity contribution is -0.127. The van der Waals surface area contributed by atoms with Gasteiger partial charge in [0.05, 0.1) is 25.7 Å². The zero-order valence-electron chi connectivity index (χ0n) is 23.3. The molecule has 0 radical (unpaired) electrons. The Hall–Kier alpha value is -3.68. The van der Waals surface area contributed by atoms with E-state index >= 15 is 0 Å². The number of aryl methyl sites for hydroxylation is 1. The summed E-state index contributed by atoms with van der Waals surface area (Å²) in [5, 5.41) is 1.06. The number of anilines is 1. The van der Waals surface area contributed by atoms with Gasteiger partial charge in [0.25, 0.3) is 0 Å².